The van der Waals surface area contributed by atoms with Gasteiger partial charge in [-0.05, 0) is 6.92 Å². The maximum absolute atomic E-state index is 11.8. The summed E-state index contributed by atoms with van der Waals surface area (Å²) in [4.78, 5) is 36.5. The number of aliphatic hydroxyl groups is 1. The van der Waals surface area contributed by atoms with Gasteiger partial charge in [-0.25, -0.2) is 4.79 Å². The Balaban J connectivity index is 2.11. The number of aliphatic hydroxyl groups excluding tert-OH is 1. The van der Waals surface area contributed by atoms with Gasteiger partial charge in [0.05, 0.1) is 18.1 Å². The summed E-state index contributed by atoms with van der Waals surface area (Å²) < 4.78 is 4.81. The molecule has 2 aliphatic heterocycles. The van der Waals surface area contributed by atoms with E-state index in [0.29, 0.717) is 0 Å². The van der Waals surface area contributed by atoms with Crippen LogP contribution in [0.2, 0.25) is 0 Å². The van der Waals surface area contributed by atoms with Gasteiger partial charge in [0, 0.05) is 6.42 Å². The number of fused-ring (bicyclic) bond motifs is 1. The molecule has 2 fully saturated rings. The van der Waals surface area contributed by atoms with Crippen molar-refractivity contribution in [2.75, 3.05) is 6.61 Å². The Morgan fingerprint density at radius 2 is 2.33 bits per heavy atom. The Morgan fingerprint density at radius 3 is 2.89 bits per heavy atom. The van der Waals surface area contributed by atoms with E-state index in [1.165, 1.54) is 17.9 Å². The van der Waals surface area contributed by atoms with Crippen molar-refractivity contribution in [3.05, 3.63) is 12.7 Å². The lowest BCUT2D eigenvalue weighted by Crippen LogP contribution is -2.64. The number of β-lactam (4-membered cyclic amide) rings is 1. The third-order valence-corrected chi connectivity index (χ3v) is 3.39. The van der Waals surface area contributed by atoms with Crippen LogP contribution in [0.5, 0.6) is 0 Å². The van der Waals surface area contributed by atoms with Crippen LogP contribution in [0.15, 0.2) is 12.7 Å². The molecule has 0 aromatic carbocycles. The number of amides is 1. The minimum absolute atomic E-state index is 0.00907. The number of carbonyl (C=O) groups excluding carboxylic acids is 3. The van der Waals surface area contributed by atoms with E-state index in [1.54, 1.807) is 0 Å². The standard InChI is InChI=1S/C12H15NO5/c1-3-4-18-12(17)10-8(15)5-7-9(6(2)14)11(16)13(7)10/h3,6-7,9-10,14H,1,4-5H2,2H3/t6-,7-,9-,10?/m1/s1. The van der Waals surface area contributed by atoms with Crippen molar-refractivity contribution in [2.24, 2.45) is 5.92 Å². The second-order valence-electron chi connectivity index (χ2n) is 4.57. The van der Waals surface area contributed by atoms with Crippen molar-refractivity contribution < 1.29 is 24.2 Å². The van der Waals surface area contributed by atoms with E-state index in [0.717, 1.165) is 0 Å². The lowest BCUT2D eigenvalue weighted by Gasteiger charge is -2.45. The molecule has 2 rings (SSSR count). The smallest absolute Gasteiger partial charge is 0.337 e. The number of ether oxygens (including phenoxy) is 1. The Bertz CT molecular complexity index is 417. The minimum atomic E-state index is -1.14. The molecule has 0 aromatic rings. The average Bonchev–Trinajstić information content (AvgIpc) is 2.59. The Labute approximate surface area is 104 Å². The number of ketones is 1. The lowest BCUT2D eigenvalue weighted by atomic mass is 9.84. The lowest BCUT2D eigenvalue weighted by molar-refractivity contribution is -0.171. The van der Waals surface area contributed by atoms with Gasteiger partial charge in [0.1, 0.15) is 6.61 Å². The first-order valence-corrected chi connectivity index (χ1v) is 5.79. The van der Waals surface area contributed by atoms with Crippen LogP contribution in [0.3, 0.4) is 0 Å². The molecule has 2 aliphatic rings. The van der Waals surface area contributed by atoms with E-state index in [1.807, 2.05) is 0 Å². The van der Waals surface area contributed by atoms with Crippen molar-refractivity contribution in [3.63, 3.8) is 0 Å². The molecule has 98 valence electrons. The maximum atomic E-state index is 11.8. The Morgan fingerprint density at radius 1 is 1.67 bits per heavy atom. The predicted molar refractivity (Wildman–Crippen MR) is 60.4 cm³/mol. The first-order chi connectivity index (χ1) is 8.49. The topological polar surface area (TPSA) is 83.9 Å². The number of hydrogen-bond donors (Lipinski definition) is 1. The molecule has 18 heavy (non-hydrogen) atoms. The third-order valence-electron chi connectivity index (χ3n) is 3.39. The highest BCUT2D eigenvalue weighted by Crippen LogP contribution is 2.39. The second kappa shape index (κ2) is 4.53. The summed E-state index contributed by atoms with van der Waals surface area (Å²) in [6, 6.07) is -1.51. The van der Waals surface area contributed by atoms with E-state index in [-0.39, 0.29) is 30.8 Å². The highest BCUT2D eigenvalue weighted by molar-refractivity contribution is 6.11. The van der Waals surface area contributed by atoms with Crippen molar-refractivity contribution in [1.82, 2.24) is 4.90 Å². The molecule has 0 saturated carbocycles. The SMILES string of the molecule is C=CCOC(=O)C1C(=O)C[C@@H]2[C@@H]([C@@H](C)O)C(=O)N12. The van der Waals surface area contributed by atoms with Gasteiger partial charge in [0.25, 0.3) is 0 Å². The largest absolute Gasteiger partial charge is 0.460 e. The fourth-order valence-electron chi connectivity index (χ4n) is 2.60. The Hall–Kier alpha value is -1.69. The zero-order chi connectivity index (χ0) is 13.4. The van der Waals surface area contributed by atoms with Crippen LogP contribution >= 0.6 is 0 Å². The van der Waals surface area contributed by atoms with Crippen LogP contribution in [0.4, 0.5) is 0 Å². The molecule has 1 unspecified atom stereocenters. The molecule has 1 N–H and O–H groups in total. The summed E-state index contributed by atoms with van der Waals surface area (Å²) in [5.74, 6) is -1.99. The van der Waals surface area contributed by atoms with E-state index in [4.69, 9.17) is 4.74 Å². The van der Waals surface area contributed by atoms with Gasteiger partial charge >= 0.3 is 5.97 Å². The molecule has 2 heterocycles. The van der Waals surface area contributed by atoms with E-state index in [2.05, 4.69) is 6.58 Å². The average molecular weight is 253 g/mol. The first kappa shape index (κ1) is 12.8. The number of Topliss-reactive ketones (excluding diaryl/α,β-unsaturated/α-hetero) is 1. The number of nitrogens with zero attached hydrogens (tertiary/aromatic N) is 1. The second-order valence-corrected chi connectivity index (χ2v) is 4.57. The third kappa shape index (κ3) is 1.73. The molecule has 6 nitrogen and oxygen atoms in total. The molecular weight excluding hydrogens is 238 g/mol. The Kier molecular flexibility index (Phi) is 3.21. The molecule has 0 aromatic heterocycles. The number of esters is 1. The monoisotopic (exact) mass is 253 g/mol. The van der Waals surface area contributed by atoms with E-state index >= 15 is 0 Å². The van der Waals surface area contributed by atoms with Gasteiger partial charge in [0.2, 0.25) is 5.91 Å². The molecule has 0 radical (unpaired) electrons. The summed E-state index contributed by atoms with van der Waals surface area (Å²) in [5, 5.41) is 9.45. The van der Waals surface area contributed by atoms with Crippen molar-refractivity contribution in [1.29, 1.82) is 0 Å². The molecular formula is C12H15NO5. The summed E-state index contributed by atoms with van der Waals surface area (Å²) >= 11 is 0. The molecule has 0 bridgehead atoms. The number of rotatable bonds is 4. The van der Waals surface area contributed by atoms with E-state index < -0.39 is 24.0 Å². The van der Waals surface area contributed by atoms with E-state index in [9.17, 15) is 19.5 Å². The molecule has 0 aliphatic carbocycles. The van der Waals surface area contributed by atoms with Crippen LogP contribution in [0, 0.1) is 5.92 Å². The first-order valence-electron chi connectivity index (χ1n) is 5.79. The number of carbonyl (C=O) groups is 3. The molecule has 4 atom stereocenters. The van der Waals surface area contributed by atoms with Gasteiger partial charge in [-0.15, -0.1) is 0 Å². The zero-order valence-corrected chi connectivity index (χ0v) is 10.0. The van der Waals surface area contributed by atoms with Crippen LogP contribution < -0.4 is 0 Å². The summed E-state index contributed by atoms with van der Waals surface area (Å²) in [7, 11) is 0. The van der Waals surface area contributed by atoms with Crippen LogP contribution in [0.1, 0.15) is 13.3 Å². The van der Waals surface area contributed by atoms with Crippen molar-refractivity contribution in [3.8, 4) is 0 Å². The van der Waals surface area contributed by atoms with Gasteiger partial charge < -0.3 is 14.7 Å². The van der Waals surface area contributed by atoms with Crippen LogP contribution in [-0.4, -0.2) is 52.5 Å². The van der Waals surface area contributed by atoms with Crippen LogP contribution in [-0.2, 0) is 19.1 Å². The summed E-state index contributed by atoms with van der Waals surface area (Å²) in [5.41, 5.74) is 0. The maximum Gasteiger partial charge on any atom is 0.337 e. The molecule has 0 spiro atoms. The highest BCUT2D eigenvalue weighted by atomic mass is 16.5. The zero-order valence-electron chi connectivity index (χ0n) is 10.0. The quantitative estimate of drug-likeness (QED) is 0.309. The normalized spacial score (nSPS) is 31.7. The number of hydrogen-bond acceptors (Lipinski definition) is 5. The predicted octanol–water partition coefficient (Wildman–Crippen LogP) is -0.735. The minimum Gasteiger partial charge on any atom is -0.460 e. The van der Waals surface area contributed by atoms with Gasteiger partial charge in [-0.2, -0.15) is 0 Å². The fourth-order valence-corrected chi connectivity index (χ4v) is 2.60. The fraction of sp³-hybridized carbons (Fsp3) is 0.583. The molecule has 2 saturated heterocycles. The molecule has 6 heteroatoms. The van der Waals surface area contributed by atoms with Crippen molar-refractivity contribution in [2.45, 2.75) is 31.5 Å². The summed E-state index contributed by atoms with van der Waals surface area (Å²) in [6.45, 7) is 4.92. The highest BCUT2D eigenvalue weighted by Gasteiger charge is 2.61. The van der Waals surface area contributed by atoms with Crippen molar-refractivity contribution >= 4 is 17.7 Å². The van der Waals surface area contributed by atoms with Gasteiger partial charge in [0.15, 0.2) is 11.8 Å². The van der Waals surface area contributed by atoms with Gasteiger partial charge in [-0.1, -0.05) is 12.7 Å². The molecule has 1 amide bonds. The van der Waals surface area contributed by atoms with Gasteiger partial charge in [-0.3, -0.25) is 9.59 Å². The van der Waals surface area contributed by atoms with Crippen LogP contribution in [0.25, 0.3) is 0 Å². The summed E-state index contributed by atoms with van der Waals surface area (Å²) in [6.07, 6.45) is 0.690.